The Morgan fingerprint density at radius 2 is 1.78 bits per heavy atom. The molecule has 18 heavy (non-hydrogen) atoms. The molecule has 2 aliphatic rings. The van der Waals surface area contributed by atoms with Crippen molar-refractivity contribution in [2.75, 3.05) is 0 Å². The molecule has 1 atom stereocenters. The van der Waals surface area contributed by atoms with Crippen LogP contribution in [0.15, 0.2) is 18.2 Å². The Labute approximate surface area is 109 Å². The minimum Gasteiger partial charge on any atom is -0.508 e. The molecule has 0 aromatic heterocycles. The molecule has 1 unspecified atom stereocenters. The zero-order chi connectivity index (χ0) is 12.4. The van der Waals surface area contributed by atoms with E-state index >= 15 is 0 Å². The topological polar surface area (TPSA) is 32.3 Å². The standard InChI is InChI=1S/C16H23NO/c18-16-9-5-8-13-14(16)10-11-15(13)17-12-6-3-1-2-4-7-12/h5,8-9,12,15,17-18H,1-4,6-7,10-11H2. The SMILES string of the molecule is Oc1cccc2c1CCC2NC1CCCCCC1. The van der Waals surface area contributed by atoms with E-state index in [0.29, 0.717) is 17.8 Å². The van der Waals surface area contributed by atoms with Crippen molar-refractivity contribution in [1.29, 1.82) is 0 Å². The predicted octanol–water partition coefficient (Wildman–Crippen LogP) is 3.69. The fourth-order valence-electron chi connectivity index (χ4n) is 3.54. The van der Waals surface area contributed by atoms with Gasteiger partial charge in [0.25, 0.3) is 0 Å². The third-order valence-electron chi connectivity index (χ3n) is 4.54. The number of fused-ring (bicyclic) bond motifs is 1. The van der Waals surface area contributed by atoms with Crippen LogP contribution < -0.4 is 5.32 Å². The molecule has 0 aliphatic heterocycles. The molecule has 0 bridgehead atoms. The van der Waals surface area contributed by atoms with Crippen molar-refractivity contribution >= 4 is 0 Å². The molecule has 2 N–H and O–H groups in total. The Kier molecular flexibility index (Phi) is 3.55. The Morgan fingerprint density at radius 3 is 2.56 bits per heavy atom. The molecule has 2 nitrogen and oxygen atoms in total. The zero-order valence-corrected chi connectivity index (χ0v) is 11.0. The summed E-state index contributed by atoms with van der Waals surface area (Å²) in [5.41, 5.74) is 2.50. The van der Waals surface area contributed by atoms with Crippen LogP contribution in [0.25, 0.3) is 0 Å². The summed E-state index contributed by atoms with van der Waals surface area (Å²) in [6, 6.07) is 7.12. The van der Waals surface area contributed by atoms with Gasteiger partial charge in [-0.25, -0.2) is 0 Å². The molecule has 0 radical (unpaired) electrons. The number of nitrogens with one attached hydrogen (secondary N) is 1. The number of phenolic OH excluding ortho intramolecular Hbond substituents is 1. The van der Waals surface area contributed by atoms with E-state index in [0.717, 1.165) is 12.8 Å². The van der Waals surface area contributed by atoms with E-state index < -0.39 is 0 Å². The lowest BCUT2D eigenvalue weighted by Crippen LogP contribution is -2.31. The minimum atomic E-state index is 0.468. The molecule has 0 heterocycles. The summed E-state index contributed by atoms with van der Waals surface area (Å²) in [5.74, 6) is 0.484. The van der Waals surface area contributed by atoms with Crippen LogP contribution in [0.5, 0.6) is 5.75 Å². The maximum absolute atomic E-state index is 9.87. The summed E-state index contributed by atoms with van der Waals surface area (Å²) in [7, 11) is 0. The van der Waals surface area contributed by atoms with Crippen molar-refractivity contribution in [3.8, 4) is 5.75 Å². The summed E-state index contributed by atoms with van der Waals surface area (Å²) in [5, 5.41) is 13.7. The highest BCUT2D eigenvalue weighted by molar-refractivity contribution is 5.44. The molecule has 1 aromatic carbocycles. The van der Waals surface area contributed by atoms with Crippen LogP contribution in [0.4, 0.5) is 0 Å². The van der Waals surface area contributed by atoms with Gasteiger partial charge in [-0.3, -0.25) is 0 Å². The fourth-order valence-corrected chi connectivity index (χ4v) is 3.54. The molecule has 0 amide bonds. The second-order valence-corrected chi connectivity index (χ2v) is 5.79. The van der Waals surface area contributed by atoms with Crippen molar-refractivity contribution in [3.63, 3.8) is 0 Å². The van der Waals surface area contributed by atoms with Crippen LogP contribution in [0, 0.1) is 0 Å². The largest absolute Gasteiger partial charge is 0.508 e. The number of aromatic hydroxyl groups is 1. The quantitative estimate of drug-likeness (QED) is 0.779. The highest BCUT2D eigenvalue weighted by atomic mass is 16.3. The van der Waals surface area contributed by atoms with Gasteiger partial charge in [-0.1, -0.05) is 37.8 Å². The van der Waals surface area contributed by atoms with Gasteiger partial charge in [0, 0.05) is 12.1 Å². The van der Waals surface area contributed by atoms with Gasteiger partial charge in [-0.15, -0.1) is 0 Å². The van der Waals surface area contributed by atoms with Crippen LogP contribution in [0.3, 0.4) is 0 Å². The monoisotopic (exact) mass is 245 g/mol. The van der Waals surface area contributed by atoms with Gasteiger partial charge in [0.2, 0.25) is 0 Å². The Bertz CT molecular complexity index is 408. The number of phenols is 1. The highest BCUT2D eigenvalue weighted by Gasteiger charge is 2.26. The molecule has 2 heteroatoms. The first-order chi connectivity index (χ1) is 8.84. The molecule has 98 valence electrons. The molecular weight excluding hydrogens is 222 g/mol. The summed E-state index contributed by atoms with van der Waals surface area (Å²) in [4.78, 5) is 0. The lowest BCUT2D eigenvalue weighted by Gasteiger charge is -2.22. The number of hydrogen-bond acceptors (Lipinski definition) is 2. The smallest absolute Gasteiger partial charge is 0.119 e. The number of hydrogen-bond donors (Lipinski definition) is 2. The third-order valence-corrected chi connectivity index (χ3v) is 4.54. The van der Waals surface area contributed by atoms with Gasteiger partial charge in [-0.05, 0) is 42.9 Å². The van der Waals surface area contributed by atoms with E-state index in [1.165, 1.54) is 49.7 Å². The van der Waals surface area contributed by atoms with Gasteiger partial charge >= 0.3 is 0 Å². The average Bonchev–Trinajstić information content (AvgIpc) is 2.61. The van der Waals surface area contributed by atoms with Gasteiger partial charge in [-0.2, -0.15) is 0 Å². The van der Waals surface area contributed by atoms with Gasteiger partial charge in [0.15, 0.2) is 0 Å². The van der Waals surface area contributed by atoms with Crippen LogP contribution in [-0.4, -0.2) is 11.1 Å². The second kappa shape index (κ2) is 5.31. The molecule has 3 rings (SSSR count). The van der Waals surface area contributed by atoms with Crippen LogP contribution >= 0.6 is 0 Å². The second-order valence-electron chi connectivity index (χ2n) is 5.79. The lowest BCUT2D eigenvalue weighted by atomic mass is 10.0. The maximum atomic E-state index is 9.87. The van der Waals surface area contributed by atoms with E-state index in [9.17, 15) is 5.11 Å². The Hall–Kier alpha value is -1.02. The summed E-state index contributed by atoms with van der Waals surface area (Å²) >= 11 is 0. The first-order valence-corrected chi connectivity index (χ1v) is 7.41. The first-order valence-electron chi connectivity index (χ1n) is 7.41. The molecule has 1 aromatic rings. The van der Waals surface area contributed by atoms with E-state index in [2.05, 4.69) is 11.4 Å². The van der Waals surface area contributed by atoms with Gasteiger partial charge in [0.05, 0.1) is 0 Å². The zero-order valence-electron chi connectivity index (χ0n) is 11.0. The molecular formula is C16H23NO. The van der Waals surface area contributed by atoms with Crippen molar-refractivity contribution in [2.45, 2.75) is 63.5 Å². The van der Waals surface area contributed by atoms with Crippen molar-refractivity contribution in [2.24, 2.45) is 0 Å². The van der Waals surface area contributed by atoms with Crippen LogP contribution in [0.1, 0.15) is 62.1 Å². The molecule has 0 spiro atoms. The van der Waals surface area contributed by atoms with E-state index in [1.807, 2.05) is 12.1 Å². The van der Waals surface area contributed by atoms with Gasteiger partial charge in [0.1, 0.15) is 5.75 Å². The van der Waals surface area contributed by atoms with Crippen molar-refractivity contribution in [1.82, 2.24) is 5.32 Å². The highest BCUT2D eigenvalue weighted by Crippen LogP contribution is 2.37. The number of benzene rings is 1. The number of rotatable bonds is 2. The van der Waals surface area contributed by atoms with Crippen LogP contribution in [0.2, 0.25) is 0 Å². The fraction of sp³-hybridized carbons (Fsp3) is 0.625. The summed E-state index contributed by atoms with van der Waals surface area (Å²) in [6.07, 6.45) is 10.4. The summed E-state index contributed by atoms with van der Waals surface area (Å²) in [6.45, 7) is 0. The molecule has 0 saturated heterocycles. The molecule has 2 aliphatic carbocycles. The van der Waals surface area contributed by atoms with E-state index in [-0.39, 0.29) is 0 Å². The Balaban J connectivity index is 1.70. The summed E-state index contributed by atoms with van der Waals surface area (Å²) < 4.78 is 0. The Morgan fingerprint density at radius 1 is 1.00 bits per heavy atom. The predicted molar refractivity (Wildman–Crippen MR) is 73.8 cm³/mol. The molecule has 1 fully saturated rings. The van der Waals surface area contributed by atoms with E-state index in [1.54, 1.807) is 0 Å². The normalized spacial score (nSPS) is 24.8. The van der Waals surface area contributed by atoms with Crippen molar-refractivity contribution in [3.05, 3.63) is 29.3 Å². The molecule has 1 saturated carbocycles. The lowest BCUT2D eigenvalue weighted by molar-refractivity contribution is 0.397. The third kappa shape index (κ3) is 2.39. The van der Waals surface area contributed by atoms with Gasteiger partial charge < -0.3 is 10.4 Å². The minimum absolute atomic E-state index is 0.468. The van der Waals surface area contributed by atoms with Crippen LogP contribution in [-0.2, 0) is 6.42 Å². The van der Waals surface area contributed by atoms with Crippen molar-refractivity contribution < 1.29 is 5.11 Å². The average molecular weight is 245 g/mol. The van der Waals surface area contributed by atoms with E-state index in [4.69, 9.17) is 0 Å². The maximum Gasteiger partial charge on any atom is 0.119 e. The first kappa shape index (κ1) is 12.0.